The van der Waals surface area contributed by atoms with E-state index in [0.717, 1.165) is 44.8 Å². The molecular formula is C15H20N2O2. The van der Waals surface area contributed by atoms with Gasteiger partial charge in [0.25, 0.3) is 0 Å². The molecule has 4 heteroatoms. The molecule has 1 amide bonds. The van der Waals surface area contributed by atoms with E-state index >= 15 is 0 Å². The molecule has 0 spiro atoms. The van der Waals surface area contributed by atoms with Crippen LogP contribution in [0.25, 0.3) is 0 Å². The van der Waals surface area contributed by atoms with Crippen LogP contribution in [-0.2, 0) is 11.2 Å². The Kier molecular flexibility index (Phi) is 3.69. The quantitative estimate of drug-likeness (QED) is 0.864. The van der Waals surface area contributed by atoms with Gasteiger partial charge in [0.1, 0.15) is 5.75 Å². The van der Waals surface area contributed by atoms with Crippen LogP contribution in [0, 0.1) is 5.92 Å². The van der Waals surface area contributed by atoms with Gasteiger partial charge < -0.3 is 10.1 Å². The summed E-state index contributed by atoms with van der Waals surface area (Å²) in [6.45, 7) is 4.05. The third kappa shape index (κ3) is 3.07. The number of piperazine rings is 1. The number of benzene rings is 1. The number of nitrogens with one attached hydrogen (secondary N) is 1. The van der Waals surface area contributed by atoms with Crippen molar-refractivity contribution in [2.75, 3.05) is 32.8 Å². The fraction of sp³-hybridized carbons (Fsp3) is 0.533. The van der Waals surface area contributed by atoms with Crippen molar-refractivity contribution in [3.05, 3.63) is 29.8 Å². The van der Waals surface area contributed by atoms with Gasteiger partial charge in [-0.15, -0.1) is 0 Å². The fourth-order valence-corrected chi connectivity index (χ4v) is 2.93. The second-order valence-corrected chi connectivity index (χ2v) is 5.40. The summed E-state index contributed by atoms with van der Waals surface area (Å²) in [5.41, 5.74) is 1.30. The second-order valence-electron chi connectivity index (χ2n) is 5.40. The van der Waals surface area contributed by atoms with E-state index in [1.54, 1.807) is 0 Å². The number of hydrogen-bond donors (Lipinski definition) is 1. The monoisotopic (exact) mass is 260 g/mol. The molecule has 1 aromatic rings. The Balaban J connectivity index is 1.64. The summed E-state index contributed by atoms with van der Waals surface area (Å²) < 4.78 is 5.79. The van der Waals surface area contributed by atoms with Crippen LogP contribution in [0.4, 0.5) is 0 Å². The van der Waals surface area contributed by atoms with Crippen LogP contribution in [-0.4, -0.2) is 43.6 Å². The summed E-state index contributed by atoms with van der Waals surface area (Å²) in [6.07, 6.45) is 2.11. The first kappa shape index (κ1) is 12.5. The molecule has 0 radical (unpaired) electrons. The standard InChI is InChI=1S/C15H20N2O2/c18-15-11-17(7-6-16-15)10-12-5-8-19-14-4-2-1-3-13(14)9-12/h1-4,12H,5-11H2,(H,16,18). The van der Waals surface area contributed by atoms with Crippen LogP contribution in [0.3, 0.4) is 0 Å². The maximum atomic E-state index is 11.4. The Morgan fingerprint density at radius 3 is 3.16 bits per heavy atom. The summed E-state index contributed by atoms with van der Waals surface area (Å²) in [6, 6.07) is 8.29. The number of amides is 1. The van der Waals surface area contributed by atoms with E-state index in [1.807, 2.05) is 12.1 Å². The lowest BCUT2D eigenvalue weighted by Crippen LogP contribution is -2.49. The van der Waals surface area contributed by atoms with E-state index in [0.29, 0.717) is 12.5 Å². The zero-order valence-corrected chi connectivity index (χ0v) is 11.1. The van der Waals surface area contributed by atoms with Gasteiger partial charge in [0.05, 0.1) is 13.2 Å². The van der Waals surface area contributed by atoms with Gasteiger partial charge in [-0.1, -0.05) is 18.2 Å². The summed E-state index contributed by atoms with van der Waals surface area (Å²) in [5, 5.41) is 2.87. The molecule has 1 atom stereocenters. The van der Waals surface area contributed by atoms with E-state index in [-0.39, 0.29) is 5.91 Å². The van der Waals surface area contributed by atoms with Gasteiger partial charge in [-0.3, -0.25) is 9.69 Å². The van der Waals surface area contributed by atoms with Gasteiger partial charge in [-0.25, -0.2) is 0 Å². The molecule has 4 nitrogen and oxygen atoms in total. The predicted octanol–water partition coefficient (Wildman–Crippen LogP) is 1.06. The van der Waals surface area contributed by atoms with Gasteiger partial charge in [0, 0.05) is 19.6 Å². The van der Waals surface area contributed by atoms with Gasteiger partial charge in [0.15, 0.2) is 0 Å². The summed E-state index contributed by atoms with van der Waals surface area (Å²) in [7, 11) is 0. The second kappa shape index (κ2) is 5.61. The molecule has 1 fully saturated rings. The van der Waals surface area contributed by atoms with Crippen LogP contribution in [0.1, 0.15) is 12.0 Å². The van der Waals surface area contributed by atoms with Crippen LogP contribution in [0.5, 0.6) is 5.75 Å². The maximum Gasteiger partial charge on any atom is 0.234 e. The molecule has 2 aliphatic heterocycles. The minimum absolute atomic E-state index is 0.150. The predicted molar refractivity (Wildman–Crippen MR) is 73.2 cm³/mol. The number of para-hydroxylation sites is 1. The van der Waals surface area contributed by atoms with Crippen molar-refractivity contribution >= 4 is 5.91 Å². The van der Waals surface area contributed by atoms with E-state index in [4.69, 9.17) is 4.74 Å². The topological polar surface area (TPSA) is 41.6 Å². The van der Waals surface area contributed by atoms with Crippen molar-refractivity contribution in [2.45, 2.75) is 12.8 Å². The van der Waals surface area contributed by atoms with E-state index in [9.17, 15) is 4.79 Å². The average molecular weight is 260 g/mol. The summed E-state index contributed by atoms with van der Waals surface area (Å²) in [4.78, 5) is 13.7. The zero-order chi connectivity index (χ0) is 13.1. The van der Waals surface area contributed by atoms with Crippen molar-refractivity contribution in [2.24, 2.45) is 5.92 Å². The van der Waals surface area contributed by atoms with Gasteiger partial charge in [-0.05, 0) is 30.4 Å². The summed E-state index contributed by atoms with van der Waals surface area (Å²) in [5.74, 6) is 1.76. The zero-order valence-electron chi connectivity index (χ0n) is 11.1. The lowest BCUT2D eigenvalue weighted by molar-refractivity contribution is -0.124. The summed E-state index contributed by atoms with van der Waals surface area (Å²) >= 11 is 0. The lowest BCUT2D eigenvalue weighted by Gasteiger charge is -2.29. The normalized spacial score (nSPS) is 24.0. The van der Waals surface area contributed by atoms with Crippen LogP contribution < -0.4 is 10.1 Å². The minimum Gasteiger partial charge on any atom is -0.493 e. The Hall–Kier alpha value is -1.55. The highest BCUT2D eigenvalue weighted by Crippen LogP contribution is 2.27. The lowest BCUT2D eigenvalue weighted by atomic mass is 9.96. The number of hydrogen-bond acceptors (Lipinski definition) is 3. The highest BCUT2D eigenvalue weighted by Gasteiger charge is 2.22. The van der Waals surface area contributed by atoms with E-state index in [2.05, 4.69) is 22.3 Å². The SMILES string of the molecule is O=C1CN(CC2CCOc3ccccc3C2)CCN1. The van der Waals surface area contributed by atoms with Crippen LogP contribution >= 0.6 is 0 Å². The van der Waals surface area contributed by atoms with Crippen molar-refractivity contribution in [1.82, 2.24) is 10.2 Å². The maximum absolute atomic E-state index is 11.4. The molecular weight excluding hydrogens is 240 g/mol. The Bertz CT molecular complexity index is 461. The first-order valence-corrected chi connectivity index (χ1v) is 7.01. The van der Waals surface area contributed by atoms with Crippen LogP contribution in [0.15, 0.2) is 24.3 Å². The minimum atomic E-state index is 0.150. The molecule has 1 N–H and O–H groups in total. The molecule has 3 rings (SSSR count). The number of nitrogens with zero attached hydrogens (tertiary/aromatic N) is 1. The number of carbonyl (C=O) groups is 1. The number of ether oxygens (including phenoxy) is 1. The molecule has 0 aromatic heterocycles. The fourth-order valence-electron chi connectivity index (χ4n) is 2.93. The highest BCUT2D eigenvalue weighted by atomic mass is 16.5. The third-order valence-corrected chi connectivity index (χ3v) is 3.90. The Morgan fingerprint density at radius 1 is 1.37 bits per heavy atom. The molecule has 0 bridgehead atoms. The molecule has 1 aromatic carbocycles. The number of rotatable bonds is 2. The Labute approximate surface area is 113 Å². The van der Waals surface area contributed by atoms with Crippen molar-refractivity contribution in [3.8, 4) is 5.75 Å². The molecule has 1 unspecified atom stereocenters. The van der Waals surface area contributed by atoms with E-state index < -0.39 is 0 Å². The molecule has 0 aliphatic carbocycles. The number of fused-ring (bicyclic) bond motifs is 1. The molecule has 2 aliphatic rings. The van der Waals surface area contributed by atoms with Crippen LogP contribution in [0.2, 0.25) is 0 Å². The molecule has 1 saturated heterocycles. The van der Waals surface area contributed by atoms with Gasteiger partial charge >= 0.3 is 0 Å². The largest absolute Gasteiger partial charge is 0.493 e. The van der Waals surface area contributed by atoms with Crippen molar-refractivity contribution in [3.63, 3.8) is 0 Å². The van der Waals surface area contributed by atoms with Gasteiger partial charge in [-0.2, -0.15) is 0 Å². The average Bonchev–Trinajstić information content (AvgIpc) is 2.60. The molecule has 102 valence electrons. The molecule has 19 heavy (non-hydrogen) atoms. The first-order valence-electron chi connectivity index (χ1n) is 7.01. The highest BCUT2D eigenvalue weighted by molar-refractivity contribution is 5.78. The van der Waals surface area contributed by atoms with E-state index in [1.165, 1.54) is 5.56 Å². The molecule has 2 heterocycles. The smallest absolute Gasteiger partial charge is 0.234 e. The van der Waals surface area contributed by atoms with Crippen molar-refractivity contribution < 1.29 is 9.53 Å². The molecule has 0 saturated carbocycles. The third-order valence-electron chi connectivity index (χ3n) is 3.90. The first-order chi connectivity index (χ1) is 9.31. The number of carbonyl (C=O) groups excluding carboxylic acids is 1. The Morgan fingerprint density at radius 2 is 2.26 bits per heavy atom. The van der Waals surface area contributed by atoms with Gasteiger partial charge in [0.2, 0.25) is 5.91 Å². The van der Waals surface area contributed by atoms with Crippen molar-refractivity contribution in [1.29, 1.82) is 0 Å².